The molecule has 0 spiro atoms. The number of rotatable bonds is 6. The van der Waals surface area contributed by atoms with Gasteiger partial charge in [-0.1, -0.05) is 27.7 Å². The maximum Gasteiger partial charge on any atom is 0.224 e. The predicted octanol–water partition coefficient (Wildman–Crippen LogP) is 5.26. The van der Waals surface area contributed by atoms with Gasteiger partial charge in [-0.15, -0.1) is 24.8 Å². The summed E-state index contributed by atoms with van der Waals surface area (Å²) in [4.78, 5) is 49.2. The first-order valence-corrected chi connectivity index (χ1v) is 16.4. The molecule has 0 bridgehead atoms. The van der Waals surface area contributed by atoms with Gasteiger partial charge in [0.25, 0.3) is 0 Å². The van der Waals surface area contributed by atoms with Gasteiger partial charge in [-0.05, 0) is 97.9 Å². The van der Waals surface area contributed by atoms with Gasteiger partial charge in [0.1, 0.15) is 0 Å². The third kappa shape index (κ3) is 8.81. The standard InChI is InChI=1S/2C18H24N2O2.2ClH.H2O/c2*1-10(2)19-9-12-4-5-13-11(3)8-15-14(17(13)18(12)22)6-7-16(21)20-15;;;/h2*8,10,12,19H,4-7,9H2,1-3H3,(H,20,21);2*1H;1H2. The summed E-state index contributed by atoms with van der Waals surface area (Å²) in [5.74, 6) is 0.717. The topological polar surface area (TPSA) is 148 Å². The Morgan fingerprint density at radius 1 is 0.617 bits per heavy atom. The van der Waals surface area contributed by atoms with E-state index >= 15 is 0 Å². The molecule has 2 aromatic rings. The van der Waals surface area contributed by atoms with Crippen molar-refractivity contribution in [1.29, 1.82) is 0 Å². The Labute approximate surface area is 291 Å². The van der Waals surface area contributed by atoms with Crippen molar-refractivity contribution >= 4 is 59.6 Å². The second-order valence-electron chi connectivity index (χ2n) is 13.6. The average molecular weight is 692 g/mol. The van der Waals surface area contributed by atoms with E-state index in [4.69, 9.17) is 0 Å². The number of benzene rings is 2. The molecule has 2 atom stereocenters. The molecule has 2 heterocycles. The van der Waals surface area contributed by atoms with Crippen LogP contribution in [0.5, 0.6) is 0 Å². The predicted molar refractivity (Wildman–Crippen MR) is 193 cm³/mol. The van der Waals surface area contributed by atoms with Crippen LogP contribution in [-0.2, 0) is 35.3 Å². The van der Waals surface area contributed by atoms with E-state index in [1.54, 1.807) is 0 Å². The van der Waals surface area contributed by atoms with Crippen molar-refractivity contribution in [2.45, 2.75) is 105 Å². The first kappa shape index (κ1) is 40.4. The van der Waals surface area contributed by atoms with E-state index in [2.05, 4.69) is 49.0 Å². The van der Waals surface area contributed by atoms with Gasteiger partial charge in [-0.25, -0.2) is 0 Å². The Morgan fingerprint density at radius 2 is 0.979 bits per heavy atom. The van der Waals surface area contributed by atoms with Gasteiger partial charge < -0.3 is 26.7 Å². The van der Waals surface area contributed by atoms with E-state index in [-0.39, 0.29) is 65.5 Å². The largest absolute Gasteiger partial charge is 0.412 e. The summed E-state index contributed by atoms with van der Waals surface area (Å²) < 4.78 is 0. The Bertz CT molecular complexity index is 1400. The van der Waals surface area contributed by atoms with Gasteiger partial charge in [-0.2, -0.15) is 0 Å². The van der Waals surface area contributed by atoms with Gasteiger partial charge >= 0.3 is 0 Å². The van der Waals surface area contributed by atoms with Gasteiger partial charge in [0.2, 0.25) is 11.8 Å². The number of aryl methyl sites for hydroxylation is 2. The number of anilines is 2. The molecule has 2 aliphatic carbocycles. The monoisotopic (exact) mass is 690 g/mol. The molecule has 260 valence electrons. The van der Waals surface area contributed by atoms with Crippen LogP contribution in [0.3, 0.4) is 0 Å². The van der Waals surface area contributed by atoms with Crippen LogP contribution in [0.1, 0.15) is 107 Å². The minimum atomic E-state index is 0. The number of hydrogen-bond donors (Lipinski definition) is 4. The molecule has 2 unspecified atom stereocenters. The summed E-state index contributed by atoms with van der Waals surface area (Å²) in [6.45, 7) is 14.0. The van der Waals surface area contributed by atoms with Crippen molar-refractivity contribution in [3.05, 3.63) is 56.6 Å². The Hall–Kier alpha value is -2.82. The Balaban J connectivity index is 0.000000307. The maximum absolute atomic E-state index is 13.0. The van der Waals surface area contributed by atoms with Crippen LogP contribution in [0.4, 0.5) is 11.4 Å². The molecule has 0 aromatic heterocycles. The first-order chi connectivity index (χ1) is 20.9. The van der Waals surface area contributed by atoms with Crippen molar-refractivity contribution in [2.24, 2.45) is 11.8 Å². The van der Waals surface area contributed by atoms with Crippen molar-refractivity contribution in [3.8, 4) is 0 Å². The fourth-order valence-electron chi connectivity index (χ4n) is 7.15. The van der Waals surface area contributed by atoms with E-state index in [0.29, 0.717) is 37.8 Å². The lowest BCUT2D eigenvalue weighted by molar-refractivity contribution is -0.117. The van der Waals surface area contributed by atoms with Crippen LogP contribution in [-0.4, -0.2) is 54.0 Å². The Morgan fingerprint density at radius 3 is 1.32 bits per heavy atom. The zero-order valence-electron chi connectivity index (χ0n) is 28.5. The summed E-state index contributed by atoms with van der Waals surface area (Å²) in [5.41, 5.74) is 10.2. The van der Waals surface area contributed by atoms with Gasteiger partial charge in [0.05, 0.1) is 0 Å². The van der Waals surface area contributed by atoms with Gasteiger partial charge in [-0.3, -0.25) is 19.2 Å². The molecule has 2 amide bonds. The van der Waals surface area contributed by atoms with Gasteiger partial charge in [0, 0.05) is 72.4 Å². The third-order valence-corrected chi connectivity index (χ3v) is 9.55. The lowest BCUT2D eigenvalue weighted by Gasteiger charge is -2.30. The zero-order valence-corrected chi connectivity index (χ0v) is 30.1. The molecule has 0 saturated heterocycles. The van der Waals surface area contributed by atoms with E-state index < -0.39 is 0 Å². The minimum absolute atomic E-state index is 0. The molecule has 6 N–H and O–H groups in total. The van der Waals surface area contributed by atoms with E-state index in [1.165, 1.54) is 11.1 Å². The van der Waals surface area contributed by atoms with Crippen molar-refractivity contribution in [2.75, 3.05) is 23.7 Å². The molecule has 9 nitrogen and oxygen atoms in total. The van der Waals surface area contributed by atoms with E-state index in [9.17, 15) is 19.2 Å². The highest BCUT2D eigenvalue weighted by Gasteiger charge is 2.34. The lowest BCUT2D eigenvalue weighted by atomic mass is 9.76. The minimum Gasteiger partial charge on any atom is -0.412 e. The number of halogens is 2. The van der Waals surface area contributed by atoms with Crippen LogP contribution >= 0.6 is 24.8 Å². The number of fused-ring (bicyclic) bond motifs is 6. The lowest BCUT2D eigenvalue weighted by Crippen LogP contribution is -2.36. The summed E-state index contributed by atoms with van der Waals surface area (Å²) >= 11 is 0. The molecular formula is C36H52Cl2N4O5. The molecule has 0 saturated carbocycles. The number of ketones is 2. The number of carbonyl (C=O) groups excluding carboxylic acids is 4. The molecule has 2 aliphatic heterocycles. The second-order valence-corrected chi connectivity index (χ2v) is 13.6. The Kier molecular flexibility index (Phi) is 14.6. The highest BCUT2D eigenvalue weighted by atomic mass is 35.5. The highest BCUT2D eigenvalue weighted by Crippen LogP contribution is 2.38. The number of nitrogens with one attached hydrogen (secondary N) is 4. The number of Topliss-reactive ketones (excluding diaryl/α,β-unsaturated/α-hetero) is 2. The fourth-order valence-corrected chi connectivity index (χ4v) is 7.15. The van der Waals surface area contributed by atoms with Gasteiger partial charge in [0.15, 0.2) is 11.6 Å². The van der Waals surface area contributed by atoms with E-state index in [0.717, 1.165) is 83.5 Å². The molecule has 4 aliphatic rings. The molecular weight excluding hydrogens is 639 g/mol. The summed E-state index contributed by atoms with van der Waals surface area (Å²) in [7, 11) is 0. The van der Waals surface area contributed by atoms with Crippen molar-refractivity contribution in [3.63, 3.8) is 0 Å². The molecule has 2 aromatic carbocycles. The molecule has 6 rings (SSSR count). The highest BCUT2D eigenvalue weighted by molar-refractivity contribution is 6.06. The van der Waals surface area contributed by atoms with Crippen molar-refractivity contribution < 1.29 is 24.7 Å². The average Bonchev–Trinajstić information content (AvgIpc) is 2.96. The van der Waals surface area contributed by atoms with Crippen LogP contribution in [0, 0.1) is 25.7 Å². The molecule has 11 heteroatoms. The molecule has 0 radical (unpaired) electrons. The maximum atomic E-state index is 13.0. The first-order valence-electron chi connectivity index (χ1n) is 16.4. The van der Waals surface area contributed by atoms with Crippen LogP contribution in [0.25, 0.3) is 0 Å². The molecule has 0 fully saturated rings. The SMILES string of the molecule is Cc1cc2c(c3c1CCC(CNC(C)C)C3=O)CCC(=O)N2.Cc1cc2c(c3c1CCC(CNC(C)C)C3=O)CCC(=O)N2.Cl.Cl.O. The van der Waals surface area contributed by atoms with Crippen LogP contribution < -0.4 is 21.3 Å². The zero-order chi connectivity index (χ0) is 31.7. The number of hydrogen-bond acceptors (Lipinski definition) is 6. The summed E-state index contributed by atoms with van der Waals surface area (Å²) in [6.07, 6.45) is 6.06. The number of amides is 2. The molecule has 47 heavy (non-hydrogen) atoms. The third-order valence-electron chi connectivity index (χ3n) is 9.55. The smallest absolute Gasteiger partial charge is 0.224 e. The van der Waals surface area contributed by atoms with Crippen LogP contribution in [0.15, 0.2) is 12.1 Å². The summed E-state index contributed by atoms with van der Waals surface area (Å²) in [5, 5.41) is 12.6. The second kappa shape index (κ2) is 17.0. The van der Waals surface area contributed by atoms with Crippen molar-refractivity contribution in [1.82, 2.24) is 10.6 Å². The summed E-state index contributed by atoms with van der Waals surface area (Å²) in [6, 6.07) is 4.84. The van der Waals surface area contributed by atoms with Crippen LogP contribution in [0.2, 0.25) is 0 Å². The fraction of sp³-hybridized carbons (Fsp3) is 0.556. The quantitative estimate of drug-likeness (QED) is 0.325. The van der Waals surface area contributed by atoms with E-state index in [1.807, 2.05) is 26.0 Å². The number of carbonyl (C=O) groups is 4. The normalized spacial score (nSPS) is 19.3.